The summed E-state index contributed by atoms with van der Waals surface area (Å²) in [6.07, 6.45) is 2.74. The highest BCUT2D eigenvalue weighted by Gasteiger charge is 2.14. The van der Waals surface area contributed by atoms with Gasteiger partial charge in [0, 0.05) is 19.7 Å². The lowest BCUT2D eigenvalue weighted by Crippen LogP contribution is -2.25. The van der Waals surface area contributed by atoms with E-state index in [4.69, 9.17) is 9.47 Å². The van der Waals surface area contributed by atoms with Crippen molar-refractivity contribution >= 4 is 15.9 Å². The monoisotopic (exact) mass is 375 g/mol. The molecule has 1 atom stereocenters. The van der Waals surface area contributed by atoms with E-state index in [2.05, 4.69) is 45.5 Å². The van der Waals surface area contributed by atoms with Crippen molar-refractivity contribution in [2.75, 3.05) is 13.2 Å². The van der Waals surface area contributed by atoms with Crippen molar-refractivity contribution in [3.63, 3.8) is 0 Å². The minimum atomic E-state index is 0.381. The molecule has 2 aromatic carbocycles. The Balaban J connectivity index is 1.49. The number of benzene rings is 2. The fourth-order valence-corrected chi connectivity index (χ4v) is 3.23. The summed E-state index contributed by atoms with van der Waals surface area (Å²) in [6.45, 7) is 3.25. The molecule has 1 fully saturated rings. The molecule has 0 radical (unpaired) electrons. The second-order valence-electron chi connectivity index (χ2n) is 5.80. The SMILES string of the molecule is Brc1cc(CNC[C@@H]2CCCO2)ccc1OCc1ccccc1. The first-order valence-electron chi connectivity index (χ1n) is 8.09. The third kappa shape index (κ3) is 5.06. The standard InChI is InChI=1S/C19H22BrNO2/c20-18-11-16(12-21-13-17-7-4-10-22-17)8-9-19(18)23-14-15-5-2-1-3-6-15/h1-3,5-6,8-9,11,17,21H,4,7,10,12-14H2/t17-/m0/s1. The van der Waals surface area contributed by atoms with Crippen LogP contribution in [0.2, 0.25) is 0 Å². The molecule has 0 aliphatic carbocycles. The Morgan fingerprint density at radius 3 is 2.74 bits per heavy atom. The average Bonchev–Trinajstić information content (AvgIpc) is 3.08. The summed E-state index contributed by atoms with van der Waals surface area (Å²) < 4.78 is 12.5. The largest absolute Gasteiger partial charge is 0.488 e. The lowest BCUT2D eigenvalue weighted by Gasteiger charge is -2.12. The van der Waals surface area contributed by atoms with Crippen molar-refractivity contribution in [3.8, 4) is 5.75 Å². The highest BCUT2D eigenvalue weighted by Crippen LogP contribution is 2.27. The third-order valence-electron chi connectivity index (χ3n) is 3.96. The summed E-state index contributed by atoms with van der Waals surface area (Å²) in [4.78, 5) is 0. The third-order valence-corrected chi connectivity index (χ3v) is 4.58. The molecule has 1 aliphatic rings. The zero-order chi connectivity index (χ0) is 15.9. The average molecular weight is 376 g/mol. The van der Waals surface area contributed by atoms with E-state index in [1.54, 1.807) is 0 Å². The van der Waals surface area contributed by atoms with Crippen LogP contribution < -0.4 is 10.1 Å². The van der Waals surface area contributed by atoms with Gasteiger partial charge in [0.15, 0.2) is 0 Å². The Morgan fingerprint density at radius 1 is 1.13 bits per heavy atom. The van der Waals surface area contributed by atoms with E-state index in [-0.39, 0.29) is 0 Å². The summed E-state index contributed by atoms with van der Waals surface area (Å²) >= 11 is 3.60. The van der Waals surface area contributed by atoms with Gasteiger partial charge in [0.05, 0.1) is 10.6 Å². The molecule has 23 heavy (non-hydrogen) atoms. The van der Waals surface area contributed by atoms with E-state index in [9.17, 15) is 0 Å². The fraction of sp³-hybridized carbons (Fsp3) is 0.368. The summed E-state index contributed by atoms with van der Waals surface area (Å²) in [5, 5.41) is 3.46. The van der Waals surface area contributed by atoms with Gasteiger partial charge in [0.1, 0.15) is 12.4 Å². The molecular weight excluding hydrogens is 354 g/mol. The van der Waals surface area contributed by atoms with E-state index in [1.807, 2.05) is 24.3 Å². The molecule has 4 heteroatoms. The number of nitrogens with one attached hydrogen (secondary N) is 1. The van der Waals surface area contributed by atoms with Gasteiger partial charge in [-0.25, -0.2) is 0 Å². The molecule has 1 heterocycles. The van der Waals surface area contributed by atoms with Crippen LogP contribution in [-0.2, 0) is 17.9 Å². The van der Waals surface area contributed by atoms with Crippen LogP contribution in [0.3, 0.4) is 0 Å². The van der Waals surface area contributed by atoms with Crippen molar-refractivity contribution in [1.82, 2.24) is 5.32 Å². The van der Waals surface area contributed by atoms with Crippen LogP contribution in [0.15, 0.2) is 53.0 Å². The summed E-state index contributed by atoms with van der Waals surface area (Å²) in [6, 6.07) is 16.4. The van der Waals surface area contributed by atoms with Crippen LogP contribution in [0.25, 0.3) is 0 Å². The van der Waals surface area contributed by atoms with Gasteiger partial charge >= 0.3 is 0 Å². The molecule has 0 aromatic heterocycles. The Morgan fingerprint density at radius 2 is 2.00 bits per heavy atom. The molecule has 0 unspecified atom stereocenters. The van der Waals surface area contributed by atoms with Crippen LogP contribution in [0.1, 0.15) is 24.0 Å². The highest BCUT2D eigenvalue weighted by atomic mass is 79.9. The normalized spacial score (nSPS) is 17.3. The quantitative estimate of drug-likeness (QED) is 0.782. The Kier molecular flexibility index (Phi) is 6.08. The smallest absolute Gasteiger partial charge is 0.134 e. The second-order valence-corrected chi connectivity index (χ2v) is 6.66. The minimum Gasteiger partial charge on any atom is -0.488 e. The molecule has 122 valence electrons. The van der Waals surface area contributed by atoms with Crippen LogP contribution in [-0.4, -0.2) is 19.3 Å². The molecular formula is C19H22BrNO2. The molecule has 0 saturated carbocycles. The van der Waals surface area contributed by atoms with Crippen LogP contribution >= 0.6 is 15.9 Å². The lowest BCUT2D eigenvalue weighted by atomic mass is 10.2. The van der Waals surface area contributed by atoms with Crippen LogP contribution in [0, 0.1) is 0 Å². The van der Waals surface area contributed by atoms with Gasteiger partial charge in [-0.05, 0) is 52.0 Å². The van der Waals surface area contributed by atoms with Gasteiger partial charge in [-0.15, -0.1) is 0 Å². The van der Waals surface area contributed by atoms with E-state index in [1.165, 1.54) is 24.0 Å². The van der Waals surface area contributed by atoms with Gasteiger partial charge < -0.3 is 14.8 Å². The van der Waals surface area contributed by atoms with Gasteiger partial charge in [-0.2, -0.15) is 0 Å². The maximum atomic E-state index is 5.88. The molecule has 0 spiro atoms. The van der Waals surface area contributed by atoms with E-state index in [0.717, 1.165) is 29.9 Å². The molecule has 2 aromatic rings. The second kappa shape index (κ2) is 8.48. The molecule has 3 rings (SSSR count). The predicted molar refractivity (Wildman–Crippen MR) is 95.6 cm³/mol. The molecule has 0 amide bonds. The first-order chi connectivity index (χ1) is 11.3. The molecule has 1 aliphatic heterocycles. The highest BCUT2D eigenvalue weighted by molar-refractivity contribution is 9.10. The van der Waals surface area contributed by atoms with Crippen molar-refractivity contribution in [1.29, 1.82) is 0 Å². The van der Waals surface area contributed by atoms with E-state index in [0.29, 0.717) is 12.7 Å². The van der Waals surface area contributed by atoms with Gasteiger partial charge in [-0.3, -0.25) is 0 Å². The van der Waals surface area contributed by atoms with Crippen LogP contribution in [0.5, 0.6) is 5.75 Å². The number of hydrogen-bond donors (Lipinski definition) is 1. The van der Waals surface area contributed by atoms with Gasteiger partial charge in [-0.1, -0.05) is 36.4 Å². The van der Waals surface area contributed by atoms with Crippen LogP contribution in [0.4, 0.5) is 0 Å². The Hall–Kier alpha value is -1.36. The first-order valence-corrected chi connectivity index (χ1v) is 8.88. The zero-order valence-corrected chi connectivity index (χ0v) is 14.7. The maximum absolute atomic E-state index is 5.88. The molecule has 1 N–H and O–H groups in total. The lowest BCUT2D eigenvalue weighted by molar-refractivity contribution is 0.110. The number of hydrogen-bond acceptors (Lipinski definition) is 3. The van der Waals surface area contributed by atoms with Crippen molar-refractivity contribution in [3.05, 3.63) is 64.1 Å². The van der Waals surface area contributed by atoms with Crippen molar-refractivity contribution in [2.45, 2.75) is 32.1 Å². The summed E-state index contributed by atoms with van der Waals surface area (Å²) in [5.41, 5.74) is 2.41. The molecule has 0 bridgehead atoms. The summed E-state index contributed by atoms with van der Waals surface area (Å²) in [7, 11) is 0. The van der Waals surface area contributed by atoms with E-state index < -0.39 is 0 Å². The Bertz CT molecular complexity index is 612. The maximum Gasteiger partial charge on any atom is 0.134 e. The van der Waals surface area contributed by atoms with Crippen molar-refractivity contribution in [2.24, 2.45) is 0 Å². The minimum absolute atomic E-state index is 0.381. The van der Waals surface area contributed by atoms with E-state index >= 15 is 0 Å². The van der Waals surface area contributed by atoms with Gasteiger partial charge in [0.2, 0.25) is 0 Å². The predicted octanol–water partition coefficient (Wildman–Crippen LogP) is 4.30. The summed E-state index contributed by atoms with van der Waals surface area (Å²) in [5.74, 6) is 0.872. The number of halogens is 1. The molecule has 1 saturated heterocycles. The Labute approximate surface area is 146 Å². The van der Waals surface area contributed by atoms with Crippen molar-refractivity contribution < 1.29 is 9.47 Å². The molecule has 3 nitrogen and oxygen atoms in total. The fourth-order valence-electron chi connectivity index (χ4n) is 2.69. The number of rotatable bonds is 7. The topological polar surface area (TPSA) is 30.5 Å². The van der Waals surface area contributed by atoms with Gasteiger partial charge in [0.25, 0.3) is 0 Å². The first kappa shape index (κ1) is 16.5. The number of ether oxygens (including phenoxy) is 2. The zero-order valence-electron chi connectivity index (χ0n) is 13.1.